The van der Waals surface area contributed by atoms with E-state index < -0.39 is 0 Å². The highest BCUT2D eigenvalue weighted by Crippen LogP contribution is 2.30. The molecule has 1 aromatic rings. The van der Waals surface area contributed by atoms with Gasteiger partial charge in [-0.15, -0.1) is 11.3 Å². The molecule has 4 nitrogen and oxygen atoms in total. The Morgan fingerprint density at radius 3 is 3.11 bits per heavy atom. The lowest BCUT2D eigenvalue weighted by Crippen LogP contribution is -2.34. The first-order chi connectivity index (χ1) is 8.74. The number of nitrogens with zero attached hydrogens (tertiary/aromatic N) is 3. The normalized spacial score (nSPS) is 19.8. The molecule has 98 valence electrons. The van der Waals surface area contributed by atoms with Crippen molar-refractivity contribution in [1.82, 2.24) is 4.98 Å². The fourth-order valence-electron chi connectivity index (χ4n) is 2.33. The van der Waals surface area contributed by atoms with Crippen molar-refractivity contribution in [2.45, 2.75) is 32.8 Å². The number of anilines is 1. The molecule has 1 aromatic heterocycles. The summed E-state index contributed by atoms with van der Waals surface area (Å²) >= 11 is 1.64. The lowest BCUT2D eigenvalue weighted by atomic mass is 10.0. The number of aromatic nitrogens is 1. The SMILES string of the molecule is COCc1nc(N2CCCC(C)C2)sc1CC#N. The van der Waals surface area contributed by atoms with E-state index in [0.29, 0.717) is 13.0 Å². The van der Waals surface area contributed by atoms with Crippen molar-refractivity contribution in [1.29, 1.82) is 5.26 Å². The zero-order chi connectivity index (χ0) is 13.0. The average Bonchev–Trinajstić information content (AvgIpc) is 2.74. The maximum absolute atomic E-state index is 8.85. The molecule has 1 saturated heterocycles. The third-order valence-corrected chi connectivity index (χ3v) is 4.37. The first-order valence-electron chi connectivity index (χ1n) is 6.34. The minimum atomic E-state index is 0.430. The highest BCUT2D eigenvalue weighted by atomic mass is 32.1. The van der Waals surface area contributed by atoms with Crippen LogP contribution < -0.4 is 4.90 Å². The lowest BCUT2D eigenvalue weighted by Gasteiger charge is -2.30. The predicted molar refractivity (Wildman–Crippen MR) is 72.8 cm³/mol. The molecule has 0 amide bonds. The van der Waals surface area contributed by atoms with E-state index in [2.05, 4.69) is 22.9 Å². The monoisotopic (exact) mass is 265 g/mol. The van der Waals surface area contributed by atoms with Gasteiger partial charge < -0.3 is 9.64 Å². The van der Waals surface area contributed by atoms with Crippen LogP contribution in [0.3, 0.4) is 0 Å². The van der Waals surface area contributed by atoms with E-state index in [1.165, 1.54) is 12.8 Å². The molecule has 2 heterocycles. The van der Waals surface area contributed by atoms with Gasteiger partial charge in [-0.05, 0) is 18.8 Å². The summed E-state index contributed by atoms with van der Waals surface area (Å²) in [4.78, 5) is 8.04. The van der Waals surface area contributed by atoms with Crippen molar-refractivity contribution in [3.63, 3.8) is 0 Å². The molecule has 18 heavy (non-hydrogen) atoms. The van der Waals surface area contributed by atoms with E-state index in [1.807, 2.05) is 0 Å². The van der Waals surface area contributed by atoms with Gasteiger partial charge in [-0.25, -0.2) is 4.98 Å². The zero-order valence-corrected chi connectivity index (χ0v) is 11.8. The molecular weight excluding hydrogens is 246 g/mol. The fraction of sp³-hybridized carbons (Fsp3) is 0.692. The van der Waals surface area contributed by atoms with Crippen LogP contribution in [0.5, 0.6) is 0 Å². The Morgan fingerprint density at radius 1 is 1.61 bits per heavy atom. The van der Waals surface area contributed by atoms with Gasteiger partial charge in [-0.3, -0.25) is 0 Å². The Balaban J connectivity index is 2.17. The average molecular weight is 265 g/mol. The van der Waals surface area contributed by atoms with Crippen LogP contribution in [-0.4, -0.2) is 25.2 Å². The van der Waals surface area contributed by atoms with Gasteiger partial charge in [0.05, 0.1) is 24.8 Å². The summed E-state index contributed by atoms with van der Waals surface area (Å²) in [6.07, 6.45) is 2.96. The van der Waals surface area contributed by atoms with Gasteiger partial charge in [0.15, 0.2) is 5.13 Å². The van der Waals surface area contributed by atoms with E-state index in [0.717, 1.165) is 34.7 Å². The molecular formula is C13H19N3OS. The number of methoxy groups -OCH3 is 1. The van der Waals surface area contributed by atoms with Crippen molar-refractivity contribution >= 4 is 16.5 Å². The number of ether oxygens (including phenoxy) is 1. The standard InChI is InChI=1S/C13H19N3OS/c1-10-4-3-7-16(8-10)13-15-11(9-17-2)12(18-13)5-6-14/h10H,3-5,7-9H2,1-2H3. The minimum absolute atomic E-state index is 0.430. The van der Waals surface area contributed by atoms with Crippen molar-refractivity contribution in [3.8, 4) is 6.07 Å². The van der Waals surface area contributed by atoms with Crippen LogP contribution in [0, 0.1) is 17.2 Å². The predicted octanol–water partition coefficient (Wildman–Crippen LogP) is 2.59. The first kappa shape index (κ1) is 13.3. The topological polar surface area (TPSA) is 49.1 Å². The summed E-state index contributed by atoms with van der Waals surface area (Å²) in [5.41, 5.74) is 0.928. The quantitative estimate of drug-likeness (QED) is 0.839. The molecule has 0 aromatic carbocycles. The van der Waals surface area contributed by atoms with Crippen LogP contribution in [0.2, 0.25) is 0 Å². The minimum Gasteiger partial charge on any atom is -0.378 e. The van der Waals surface area contributed by atoms with Gasteiger partial charge in [-0.1, -0.05) is 6.92 Å². The van der Waals surface area contributed by atoms with Crippen molar-refractivity contribution in [2.24, 2.45) is 5.92 Å². The molecule has 1 aliphatic rings. The Morgan fingerprint density at radius 2 is 2.44 bits per heavy atom. The molecule has 0 radical (unpaired) electrons. The smallest absolute Gasteiger partial charge is 0.185 e. The van der Waals surface area contributed by atoms with Crippen LogP contribution in [0.1, 0.15) is 30.3 Å². The number of hydrogen-bond acceptors (Lipinski definition) is 5. The zero-order valence-electron chi connectivity index (χ0n) is 11.0. The van der Waals surface area contributed by atoms with E-state index in [-0.39, 0.29) is 0 Å². The maximum Gasteiger partial charge on any atom is 0.185 e. The Bertz CT molecular complexity index is 438. The largest absolute Gasteiger partial charge is 0.378 e. The Kier molecular flexibility index (Phi) is 4.56. The number of hydrogen-bond donors (Lipinski definition) is 0. The van der Waals surface area contributed by atoms with Gasteiger partial charge in [0, 0.05) is 25.1 Å². The molecule has 0 saturated carbocycles. The second-order valence-electron chi connectivity index (χ2n) is 4.83. The molecule has 0 bridgehead atoms. The van der Waals surface area contributed by atoms with Crippen LogP contribution in [0.25, 0.3) is 0 Å². The van der Waals surface area contributed by atoms with Gasteiger partial charge in [-0.2, -0.15) is 5.26 Å². The Labute approximate surface area is 112 Å². The van der Waals surface area contributed by atoms with Gasteiger partial charge in [0.1, 0.15) is 0 Å². The molecule has 1 unspecified atom stereocenters. The molecule has 1 aliphatic heterocycles. The summed E-state index contributed by atoms with van der Waals surface area (Å²) in [7, 11) is 1.66. The van der Waals surface area contributed by atoms with Crippen LogP contribution in [-0.2, 0) is 17.8 Å². The van der Waals surface area contributed by atoms with Crippen molar-refractivity contribution < 1.29 is 4.74 Å². The molecule has 0 N–H and O–H groups in total. The molecule has 1 fully saturated rings. The van der Waals surface area contributed by atoms with Crippen molar-refractivity contribution in [2.75, 3.05) is 25.1 Å². The number of thiazole rings is 1. The van der Waals surface area contributed by atoms with Crippen LogP contribution in [0.4, 0.5) is 5.13 Å². The Hall–Kier alpha value is -1.12. The number of nitriles is 1. The third kappa shape index (κ3) is 3.01. The van der Waals surface area contributed by atoms with E-state index >= 15 is 0 Å². The lowest BCUT2D eigenvalue weighted by molar-refractivity contribution is 0.181. The molecule has 0 aliphatic carbocycles. The molecule has 2 rings (SSSR count). The second-order valence-corrected chi connectivity index (χ2v) is 5.89. The van der Waals surface area contributed by atoms with Crippen LogP contribution >= 0.6 is 11.3 Å². The van der Waals surface area contributed by atoms with Crippen LogP contribution in [0.15, 0.2) is 0 Å². The summed E-state index contributed by atoms with van der Waals surface area (Å²) in [6.45, 7) is 4.94. The van der Waals surface area contributed by atoms with Crippen molar-refractivity contribution in [3.05, 3.63) is 10.6 Å². The van der Waals surface area contributed by atoms with E-state index in [4.69, 9.17) is 10.00 Å². The van der Waals surface area contributed by atoms with Gasteiger partial charge in [0.2, 0.25) is 0 Å². The van der Waals surface area contributed by atoms with Gasteiger partial charge >= 0.3 is 0 Å². The van der Waals surface area contributed by atoms with Gasteiger partial charge in [0.25, 0.3) is 0 Å². The highest BCUT2D eigenvalue weighted by molar-refractivity contribution is 7.15. The molecule has 1 atom stereocenters. The summed E-state index contributed by atoms with van der Waals surface area (Å²) in [6, 6.07) is 2.20. The summed E-state index contributed by atoms with van der Waals surface area (Å²) < 4.78 is 5.15. The number of rotatable bonds is 4. The molecule has 5 heteroatoms. The summed E-state index contributed by atoms with van der Waals surface area (Å²) in [5.74, 6) is 0.730. The maximum atomic E-state index is 8.85. The fourth-order valence-corrected chi connectivity index (χ4v) is 3.36. The van der Waals surface area contributed by atoms with E-state index in [9.17, 15) is 0 Å². The van der Waals surface area contributed by atoms with E-state index in [1.54, 1.807) is 18.4 Å². The number of piperidine rings is 1. The first-order valence-corrected chi connectivity index (χ1v) is 7.15. The second kappa shape index (κ2) is 6.17. The third-order valence-electron chi connectivity index (χ3n) is 3.22. The molecule has 0 spiro atoms. The highest BCUT2D eigenvalue weighted by Gasteiger charge is 2.21. The summed E-state index contributed by atoms with van der Waals surface area (Å²) in [5, 5.41) is 9.90.